The van der Waals surface area contributed by atoms with E-state index >= 15 is 0 Å². The zero-order chi connectivity index (χ0) is 21.1. The van der Waals surface area contributed by atoms with Gasteiger partial charge in [0.1, 0.15) is 5.75 Å². The lowest BCUT2D eigenvalue weighted by molar-refractivity contribution is -0.394. The average molecular weight is 463 g/mol. The van der Waals surface area contributed by atoms with Gasteiger partial charge in [0.05, 0.1) is 30.4 Å². The number of anilines is 1. The first kappa shape index (κ1) is 22.5. The van der Waals surface area contributed by atoms with Gasteiger partial charge in [0.2, 0.25) is 6.33 Å². The second kappa shape index (κ2) is 9.76. The third-order valence-corrected chi connectivity index (χ3v) is 4.98. The van der Waals surface area contributed by atoms with E-state index in [4.69, 9.17) is 21.3 Å². The lowest BCUT2D eigenvalue weighted by Crippen LogP contribution is -2.06. The summed E-state index contributed by atoms with van der Waals surface area (Å²) in [5.41, 5.74) is 2.64. The molecule has 2 aromatic heterocycles. The van der Waals surface area contributed by atoms with Gasteiger partial charge in [-0.05, 0) is 54.2 Å². The van der Waals surface area contributed by atoms with E-state index in [0.717, 1.165) is 46.1 Å². The summed E-state index contributed by atoms with van der Waals surface area (Å²) in [7, 11) is 1.64. The van der Waals surface area contributed by atoms with Crippen LogP contribution in [0.3, 0.4) is 0 Å². The summed E-state index contributed by atoms with van der Waals surface area (Å²) < 4.78 is 6.87. The smallest absolute Gasteiger partial charge is 0.490 e. The Morgan fingerprint density at radius 3 is 2.74 bits per heavy atom. The van der Waals surface area contributed by atoms with E-state index in [1.54, 1.807) is 7.11 Å². The van der Waals surface area contributed by atoms with Gasteiger partial charge in [0.15, 0.2) is 0 Å². The standard InChI is InChI=1S/C20H19ClN6O3.ClH/c1-30-14-5-7-17-16(11-14)19(15-6-4-13(21)10-18(15)24-17)22-8-2-3-9-26-12-23-20(25-26)27(28)29;/h4-7,10-12H,2-3,8-9H2,1H3,(H,22,24);1H. The minimum Gasteiger partial charge on any atom is -0.497 e. The normalized spacial score (nSPS) is 10.8. The van der Waals surface area contributed by atoms with Crippen molar-refractivity contribution < 1.29 is 9.66 Å². The number of halogens is 2. The largest absolute Gasteiger partial charge is 0.497 e. The molecule has 0 saturated carbocycles. The summed E-state index contributed by atoms with van der Waals surface area (Å²) in [4.78, 5) is 18.4. The predicted molar refractivity (Wildman–Crippen MR) is 122 cm³/mol. The number of aryl methyl sites for hydroxylation is 1. The molecule has 0 aliphatic heterocycles. The summed E-state index contributed by atoms with van der Waals surface area (Å²) >= 11 is 6.16. The fraction of sp³-hybridized carbons (Fsp3) is 0.250. The van der Waals surface area contributed by atoms with Gasteiger partial charge in [0, 0.05) is 27.4 Å². The molecular formula is C20H20Cl2N6O3. The molecule has 11 heteroatoms. The van der Waals surface area contributed by atoms with E-state index < -0.39 is 4.92 Å². The van der Waals surface area contributed by atoms with Gasteiger partial charge in [-0.2, -0.15) is 4.68 Å². The van der Waals surface area contributed by atoms with Crippen LogP contribution in [0.1, 0.15) is 12.8 Å². The van der Waals surface area contributed by atoms with Crippen molar-refractivity contribution in [2.75, 3.05) is 19.0 Å². The van der Waals surface area contributed by atoms with Crippen LogP contribution in [-0.2, 0) is 6.54 Å². The van der Waals surface area contributed by atoms with Crippen molar-refractivity contribution in [2.45, 2.75) is 19.4 Å². The number of hydrogen-bond acceptors (Lipinski definition) is 7. The van der Waals surface area contributed by atoms with Crippen LogP contribution >= 0.6 is 24.0 Å². The summed E-state index contributed by atoms with van der Waals surface area (Å²) in [5, 5.41) is 20.6. The number of rotatable bonds is 8. The fourth-order valence-corrected chi connectivity index (χ4v) is 3.47. The molecule has 0 radical (unpaired) electrons. The SMILES string of the molecule is COc1ccc2nc3cc(Cl)ccc3c(NCCCCn3cnc([N+](=O)[O-])n3)c2c1.Cl. The number of pyridine rings is 1. The first-order valence-corrected chi connectivity index (χ1v) is 9.77. The van der Waals surface area contributed by atoms with Crippen LogP contribution < -0.4 is 10.1 Å². The number of hydrogen-bond donors (Lipinski definition) is 1. The molecule has 0 saturated heterocycles. The number of ether oxygens (including phenoxy) is 1. The molecule has 31 heavy (non-hydrogen) atoms. The summed E-state index contributed by atoms with van der Waals surface area (Å²) in [6.45, 7) is 1.27. The molecule has 2 aromatic carbocycles. The van der Waals surface area contributed by atoms with Crippen LogP contribution in [0.5, 0.6) is 5.75 Å². The number of benzene rings is 2. The highest BCUT2D eigenvalue weighted by molar-refractivity contribution is 6.31. The topological polar surface area (TPSA) is 108 Å². The molecule has 0 unspecified atom stereocenters. The molecule has 0 aliphatic carbocycles. The van der Waals surface area contributed by atoms with Gasteiger partial charge >= 0.3 is 5.95 Å². The highest BCUT2D eigenvalue weighted by atomic mass is 35.5. The molecule has 2 heterocycles. The van der Waals surface area contributed by atoms with Crippen molar-refractivity contribution in [1.82, 2.24) is 19.7 Å². The number of fused-ring (bicyclic) bond motifs is 2. The van der Waals surface area contributed by atoms with E-state index in [1.165, 1.54) is 11.0 Å². The molecule has 0 fully saturated rings. The van der Waals surface area contributed by atoms with Crippen LogP contribution in [0.25, 0.3) is 21.8 Å². The second-order valence-electron chi connectivity index (χ2n) is 6.73. The van der Waals surface area contributed by atoms with Crippen LogP contribution in [0.15, 0.2) is 42.7 Å². The Morgan fingerprint density at radius 1 is 1.16 bits per heavy atom. The average Bonchev–Trinajstić information content (AvgIpc) is 3.21. The molecule has 0 spiro atoms. The lowest BCUT2D eigenvalue weighted by atomic mass is 10.1. The molecule has 0 amide bonds. The third-order valence-electron chi connectivity index (χ3n) is 4.75. The van der Waals surface area contributed by atoms with Crippen molar-refractivity contribution in [3.63, 3.8) is 0 Å². The number of aromatic nitrogens is 4. The minimum absolute atomic E-state index is 0. The summed E-state index contributed by atoms with van der Waals surface area (Å²) in [6, 6.07) is 11.4. The van der Waals surface area contributed by atoms with Crippen molar-refractivity contribution >= 4 is 57.4 Å². The Kier molecular flexibility index (Phi) is 7.09. The van der Waals surface area contributed by atoms with Crippen LogP contribution in [-0.4, -0.2) is 38.3 Å². The van der Waals surface area contributed by atoms with E-state index in [0.29, 0.717) is 18.1 Å². The quantitative estimate of drug-likeness (QED) is 0.172. The van der Waals surface area contributed by atoms with E-state index in [2.05, 4.69) is 15.4 Å². The Labute approximate surface area is 188 Å². The first-order valence-electron chi connectivity index (χ1n) is 9.40. The summed E-state index contributed by atoms with van der Waals surface area (Å²) in [5.74, 6) is 0.379. The number of nitro groups is 1. The van der Waals surface area contributed by atoms with Crippen molar-refractivity contribution in [3.05, 3.63) is 57.9 Å². The monoisotopic (exact) mass is 462 g/mol. The Balaban J connectivity index is 0.00000272. The van der Waals surface area contributed by atoms with Gasteiger partial charge in [-0.1, -0.05) is 16.6 Å². The Hall–Kier alpha value is -3.17. The fourth-order valence-electron chi connectivity index (χ4n) is 3.30. The van der Waals surface area contributed by atoms with Gasteiger partial charge < -0.3 is 20.2 Å². The van der Waals surface area contributed by atoms with Crippen molar-refractivity contribution in [3.8, 4) is 5.75 Å². The maximum atomic E-state index is 10.7. The van der Waals surface area contributed by atoms with Crippen molar-refractivity contribution in [2.24, 2.45) is 0 Å². The van der Waals surface area contributed by atoms with E-state index in [1.807, 2.05) is 36.4 Å². The molecule has 0 bridgehead atoms. The lowest BCUT2D eigenvalue weighted by Gasteiger charge is -2.14. The highest BCUT2D eigenvalue weighted by Crippen LogP contribution is 2.34. The predicted octanol–water partition coefficient (Wildman–Crippen LogP) is 4.86. The highest BCUT2D eigenvalue weighted by Gasteiger charge is 2.13. The molecular weight excluding hydrogens is 443 g/mol. The van der Waals surface area contributed by atoms with E-state index in [9.17, 15) is 10.1 Å². The van der Waals surface area contributed by atoms with Gasteiger partial charge in [-0.15, -0.1) is 12.4 Å². The van der Waals surface area contributed by atoms with Gasteiger partial charge in [0.25, 0.3) is 0 Å². The molecule has 1 N–H and O–H groups in total. The number of methoxy groups -OCH3 is 1. The molecule has 162 valence electrons. The molecule has 9 nitrogen and oxygen atoms in total. The molecule has 0 aliphatic rings. The van der Waals surface area contributed by atoms with Crippen LogP contribution in [0.4, 0.5) is 11.6 Å². The van der Waals surface area contributed by atoms with Gasteiger partial charge in [-0.3, -0.25) is 0 Å². The second-order valence-corrected chi connectivity index (χ2v) is 7.17. The van der Waals surface area contributed by atoms with Crippen molar-refractivity contribution in [1.29, 1.82) is 0 Å². The molecule has 0 atom stereocenters. The number of nitrogens with zero attached hydrogens (tertiary/aromatic N) is 5. The van der Waals surface area contributed by atoms with Crippen LogP contribution in [0, 0.1) is 10.1 Å². The first-order chi connectivity index (χ1) is 14.5. The summed E-state index contributed by atoms with van der Waals surface area (Å²) in [6.07, 6.45) is 3.02. The van der Waals surface area contributed by atoms with E-state index in [-0.39, 0.29) is 18.4 Å². The zero-order valence-electron chi connectivity index (χ0n) is 16.6. The van der Waals surface area contributed by atoms with Crippen LogP contribution in [0.2, 0.25) is 5.02 Å². The number of unbranched alkanes of at least 4 members (excludes halogenated alkanes) is 1. The van der Waals surface area contributed by atoms with Gasteiger partial charge in [-0.25, -0.2) is 4.98 Å². The maximum Gasteiger partial charge on any atom is 0.490 e. The molecule has 4 rings (SSSR count). The number of nitrogens with one attached hydrogen (secondary N) is 1. The zero-order valence-corrected chi connectivity index (χ0v) is 18.2. The maximum absolute atomic E-state index is 10.7. The third kappa shape index (κ3) is 4.95. The Bertz CT molecular complexity index is 1230. The minimum atomic E-state index is -0.599. The Morgan fingerprint density at radius 2 is 2.00 bits per heavy atom. The molecule has 4 aromatic rings.